The number of aryl methyl sites for hydroxylation is 1. The van der Waals surface area contributed by atoms with Gasteiger partial charge in [-0.25, -0.2) is 10.4 Å². The van der Waals surface area contributed by atoms with Gasteiger partial charge in [0.15, 0.2) is 10.3 Å². The molecule has 0 bridgehead atoms. The number of hydrogen-bond donors (Lipinski definition) is 2. The number of hydrazone groups is 1. The third-order valence-corrected chi connectivity index (χ3v) is 4.55. The number of aromatic nitrogens is 2. The Bertz CT molecular complexity index is 910. The summed E-state index contributed by atoms with van der Waals surface area (Å²) in [7, 11) is 0. The lowest BCUT2D eigenvalue weighted by atomic mass is 10.2. The summed E-state index contributed by atoms with van der Waals surface area (Å²) < 4.78 is 0. The van der Waals surface area contributed by atoms with E-state index >= 15 is 0 Å². The van der Waals surface area contributed by atoms with Crippen molar-refractivity contribution in [2.24, 2.45) is 5.10 Å². The predicted molar refractivity (Wildman–Crippen MR) is 101 cm³/mol. The van der Waals surface area contributed by atoms with Gasteiger partial charge in [-0.2, -0.15) is 5.10 Å². The minimum atomic E-state index is -0.393. The van der Waals surface area contributed by atoms with Crippen LogP contribution in [0.1, 0.15) is 20.9 Å². The van der Waals surface area contributed by atoms with E-state index in [0.717, 1.165) is 11.3 Å². The largest absolute Gasteiger partial charge is 0.331 e. The van der Waals surface area contributed by atoms with E-state index in [9.17, 15) is 4.79 Å². The molecule has 2 N–H and O–H groups in total. The Morgan fingerprint density at radius 1 is 1.24 bits per heavy atom. The number of para-hydroxylation sites is 1. The zero-order chi connectivity index (χ0) is 17.6. The first-order valence-corrected chi connectivity index (χ1v) is 8.56. The topological polar surface area (TPSA) is 79.3 Å². The van der Waals surface area contributed by atoms with Gasteiger partial charge in [0.25, 0.3) is 5.91 Å². The lowest BCUT2D eigenvalue weighted by Gasteiger charge is -2.05. The molecular formula is C17H14ClN5OS. The van der Waals surface area contributed by atoms with E-state index in [1.807, 2.05) is 31.2 Å². The van der Waals surface area contributed by atoms with Crippen LogP contribution in [0.15, 0.2) is 53.8 Å². The predicted octanol–water partition coefficient (Wildman–Crippen LogP) is 4.01. The SMILES string of the molecule is Cc1ccccc1Nc1nc(Cl)c(/C=N/NC(=O)c2ccccn2)s1. The maximum atomic E-state index is 11.9. The second-order valence-electron chi connectivity index (χ2n) is 5.03. The second-order valence-corrected chi connectivity index (χ2v) is 6.42. The van der Waals surface area contributed by atoms with Gasteiger partial charge in [0, 0.05) is 11.9 Å². The molecule has 0 aliphatic carbocycles. The summed E-state index contributed by atoms with van der Waals surface area (Å²) in [6.07, 6.45) is 3.01. The number of hydrogen-bond acceptors (Lipinski definition) is 6. The molecule has 3 rings (SSSR count). The Labute approximate surface area is 153 Å². The van der Waals surface area contributed by atoms with E-state index in [-0.39, 0.29) is 5.69 Å². The maximum absolute atomic E-state index is 11.9. The number of anilines is 2. The van der Waals surface area contributed by atoms with Gasteiger partial charge in [0.1, 0.15) is 5.69 Å². The lowest BCUT2D eigenvalue weighted by molar-refractivity contribution is 0.0950. The summed E-state index contributed by atoms with van der Waals surface area (Å²) in [5.41, 5.74) is 4.76. The van der Waals surface area contributed by atoms with E-state index in [1.54, 1.807) is 24.4 Å². The van der Waals surface area contributed by atoms with Gasteiger partial charge < -0.3 is 5.32 Å². The number of carbonyl (C=O) groups is 1. The molecule has 0 unspecified atom stereocenters. The minimum absolute atomic E-state index is 0.289. The van der Waals surface area contributed by atoms with Crippen LogP contribution in [0.4, 0.5) is 10.8 Å². The zero-order valence-electron chi connectivity index (χ0n) is 13.2. The number of benzene rings is 1. The molecule has 3 aromatic rings. The molecule has 25 heavy (non-hydrogen) atoms. The van der Waals surface area contributed by atoms with Crippen LogP contribution in [0.25, 0.3) is 0 Å². The molecule has 6 nitrogen and oxygen atoms in total. The Balaban J connectivity index is 1.66. The summed E-state index contributed by atoms with van der Waals surface area (Å²) in [4.78, 5) is 20.7. The summed E-state index contributed by atoms with van der Waals surface area (Å²) in [6, 6.07) is 13.0. The molecule has 0 aliphatic rings. The zero-order valence-corrected chi connectivity index (χ0v) is 14.8. The van der Waals surface area contributed by atoms with Crippen LogP contribution in [0.3, 0.4) is 0 Å². The van der Waals surface area contributed by atoms with E-state index in [4.69, 9.17) is 11.6 Å². The number of rotatable bonds is 5. The van der Waals surface area contributed by atoms with E-state index < -0.39 is 5.91 Å². The molecule has 0 radical (unpaired) electrons. The molecule has 0 saturated heterocycles. The molecule has 1 amide bonds. The fraction of sp³-hybridized carbons (Fsp3) is 0.0588. The van der Waals surface area contributed by atoms with Gasteiger partial charge in [-0.1, -0.05) is 47.2 Å². The molecule has 2 aromatic heterocycles. The van der Waals surface area contributed by atoms with E-state index in [2.05, 4.69) is 25.8 Å². The van der Waals surface area contributed by atoms with Crippen molar-refractivity contribution < 1.29 is 4.79 Å². The van der Waals surface area contributed by atoms with Gasteiger partial charge in [-0.05, 0) is 30.7 Å². The fourth-order valence-electron chi connectivity index (χ4n) is 1.98. The van der Waals surface area contributed by atoms with Crippen LogP contribution in [0.5, 0.6) is 0 Å². The second kappa shape index (κ2) is 7.87. The fourth-order valence-corrected chi connectivity index (χ4v) is 3.02. The monoisotopic (exact) mass is 371 g/mol. The highest BCUT2D eigenvalue weighted by molar-refractivity contribution is 7.17. The maximum Gasteiger partial charge on any atom is 0.289 e. The van der Waals surface area contributed by atoms with Gasteiger partial charge in [0.2, 0.25) is 0 Å². The first-order chi connectivity index (χ1) is 12.1. The standard InChI is InChI=1S/C17H14ClN5OS/c1-11-6-2-3-7-12(11)21-17-22-15(18)14(25-17)10-20-23-16(24)13-8-4-5-9-19-13/h2-10H,1H3,(H,21,22)(H,23,24)/b20-10+. The van der Waals surface area contributed by atoms with Crippen LogP contribution >= 0.6 is 22.9 Å². The molecule has 1 aromatic carbocycles. The van der Waals surface area contributed by atoms with E-state index in [1.165, 1.54) is 17.6 Å². The number of nitrogens with one attached hydrogen (secondary N) is 2. The summed E-state index contributed by atoms with van der Waals surface area (Å²) in [5.74, 6) is -0.393. The first-order valence-electron chi connectivity index (χ1n) is 7.37. The Morgan fingerprint density at radius 2 is 2.04 bits per heavy atom. The minimum Gasteiger partial charge on any atom is -0.331 e. The number of halogens is 1. The summed E-state index contributed by atoms with van der Waals surface area (Å²) in [6.45, 7) is 2.01. The van der Waals surface area contributed by atoms with Crippen molar-refractivity contribution in [3.05, 3.63) is 69.9 Å². The van der Waals surface area contributed by atoms with Gasteiger partial charge in [-0.15, -0.1) is 0 Å². The van der Waals surface area contributed by atoms with Crippen molar-refractivity contribution in [2.75, 3.05) is 5.32 Å². The van der Waals surface area contributed by atoms with Crippen molar-refractivity contribution in [3.8, 4) is 0 Å². The van der Waals surface area contributed by atoms with Crippen molar-refractivity contribution in [3.63, 3.8) is 0 Å². The Hall–Kier alpha value is -2.77. The van der Waals surface area contributed by atoms with Gasteiger partial charge in [-0.3, -0.25) is 9.78 Å². The number of nitrogens with zero attached hydrogens (tertiary/aromatic N) is 3. The third-order valence-electron chi connectivity index (χ3n) is 3.24. The smallest absolute Gasteiger partial charge is 0.289 e. The van der Waals surface area contributed by atoms with Crippen molar-refractivity contribution in [1.82, 2.24) is 15.4 Å². The number of amides is 1. The highest BCUT2D eigenvalue weighted by atomic mass is 35.5. The molecule has 0 spiro atoms. The lowest BCUT2D eigenvalue weighted by Crippen LogP contribution is -2.18. The normalized spacial score (nSPS) is 10.8. The number of carbonyl (C=O) groups excluding carboxylic acids is 1. The molecule has 0 aliphatic heterocycles. The third kappa shape index (κ3) is 4.40. The average Bonchev–Trinajstić information content (AvgIpc) is 2.97. The molecule has 2 heterocycles. The number of thiazole rings is 1. The molecule has 0 fully saturated rings. The first kappa shape index (κ1) is 17.1. The molecular weight excluding hydrogens is 358 g/mol. The van der Waals surface area contributed by atoms with Crippen LogP contribution in [-0.4, -0.2) is 22.1 Å². The Kier molecular flexibility index (Phi) is 5.37. The molecule has 0 atom stereocenters. The van der Waals surface area contributed by atoms with E-state index in [0.29, 0.717) is 15.2 Å². The molecule has 8 heteroatoms. The summed E-state index contributed by atoms with van der Waals surface area (Å²) >= 11 is 7.47. The summed E-state index contributed by atoms with van der Waals surface area (Å²) in [5, 5.41) is 8.10. The van der Waals surface area contributed by atoms with Gasteiger partial charge >= 0.3 is 0 Å². The van der Waals surface area contributed by atoms with Crippen LogP contribution in [0.2, 0.25) is 5.15 Å². The van der Waals surface area contributed by atoms with Crippen molar-refractivity contribution >= 4 is 45.9 Å². The number of pyridine rings is 1. The molecule has 0 saturated carbocycles. The Morgan fingerprint density at radius 3 is 2.80 bits per heavy atom. The quantitative estimate of drug-likeness (QED) is 0.524. The van der Waals surface area contributed by atoms with Crippen LogP contribution in [-0.2, 0) is 0 Å². The van der Waals surface area contributed by atoms with Crippen LogP contribution in [0, 0.1) is 6.92 Å². The van der Waals surface area contributed by atoms with Gasteiger partial charge in [0.05, 0.1) is 11.1 Å². The van der Waals surface area contributed by atoms with Crippen molar-refractivity contribution in [1.29, 1.82) is 0 Å². The van der Waals surface area contributed by atoms with Crippen molar-refractivity contribution in [2.45, 2.75) is 6.92 Å². The molecule has 126 valence electrons. The highest BCUT2D eigenvalue weighted by Crippen LogP contribution is 2.28. The average molecular weight is 372 g/mol. The highest BCUT2D eigenvalue weighted by Gasteiger charge is 2.09. The van der Waals surface area contributed by atoms with Crippen LogP contribution < -0.4 is 10.7 Å².